The van der Waals surface area contributed by atoms with Gasteiger partial charge in [0.25, 0.3) is 5.91 Å². The average molecular weight is 344 g/mol. The molecule has 2 amide bonds. The Bertz CT molecular complexity index is 630. The van der Waals surface area contributed by atoms with Gasteiger partial charge in [0.15, 0.2) is 0 Å². The summed E-state index contributed by atoms with van der Waals surface area (Å²) in [5, 5.41) is 6.04. The van der Waals surface area contributed by atoms with E-state index in [2.05, 4.69) is 18.9 Å². The van der Waals surface area contributed by atoms with Gasteiger partial charge >= 0.3 is 0 Å². The van der Waals surface area contributed by atoms with E-state index in [-0.39, 0.29) is 18.4 Å². The summed E-state index contributed by atoms with van der Waals surface area (Å²) in [5.41, 5.74) is 6.72. The molecule has 25 heavy (non-hydrogen) atoms. The molecule has 1 aromatic carbocycles. The normalized spacial score (nSPS) is 18.0. The minimum Gasteiger partial charge on any atom is -0.368 e. The smallest absolute Gasteiger partial charge is 0.270 e. The zero-order valence-corrected chi connectivity index (χ0v) is 15.3. The molecule has 2 N–H and O–H groups in total. The summed E-state index contributed by atoms with van der Waals surface area (Å²) in [6.07, 6.45) is 3.10. The first kappa shape index (κ1) is 19.0. The SMILES string of the molecule is CCCCN(C(=O)C1=NN(c2ccccc2)C(C(N)=O)C1)C(C)CC. The number of rotatable bonds is 8. The molecule has 1 aliphatic heterocycles. The molecule has 0 radical (unpaired) electrons. The Morgan fingerprint density at radius 1 is 1.32 bits per heavy atom. The second-order valence-electron chi connectivity index (χ2n) is 6.46. The summed E-state index contributed by atoms with van der Waals surface area (Å²) < 4.78 is 0. The minimum atomic E-state index is -0.619. The van der Waals surface area contributed by atoms with Gasteiger partial charge in [-0.1, -0.05) is 38.5 Å². The van der Waals surface area contributed by atoms with Gasteiger partial charge in [0.05, 0.1) is 5.69 Å². The third-order valence-electron chi connectivity index (χ3n) is 4.64. The van der Waals surface area contributed by atoms with Crippen LogP contribution in [0, 0.1) is 0 Å². The number of unbranched alkanes of at least 4 members (excludes halogenated alkanes) is 1. The van der Waals surface area contributed by atoms with Crippen molar-refractivity contribution in [2.75, 3.05) is 11.6 Å². The van der Waals surface area contributed by atoms with E-state index in [1.807, 2.05) is 42.2 Å². The van der Waals surface area contributed by atoms with Crippen LogP contribution in [0.3, 0.4) is 0 Å². The Hall–Kier alpha value is -2.37. The summed E-state index contributed by atoms with van der Waals surface area (Å²) in [6.45, 7) is 6.92. The van der Waals surface area contributed by atoms with Crippen molar-refractivity contribution in [3.05, 3.63) is 30.3 Å². The van der Waals surface area contributed by atoms with E-state index < -0.39 is 11.9 Å². The van der Waals surface area contributed by atoms with E-state index in [0.717, 1.165) is 24.9 Å². The van der Waals surface area contributed by atoms with Crippen LogP contribution >= 0.6 is 0 Å². The lowest BCUT2D eigenvalue weighted by Crippen LogP contribution is -2.43. The maximum Gasteiger partial charge on any atom is 0.270 e. The molecule has 6 heteroatoms. The van der Waals surface area contributed by atoms with Crippen LogP contribution < -0.4 is 10.7 Å². The predicted octanol–water partition coefficient (Wildman–Crippen LogP) is 2.53. The molecule has 1 aromatic rings. The number of para-hydroxylation sites is 1. The van der Waals surface area contributed by atoms with E-state index in [1.54, 1.807) is 5.01 Å². The lowest BCUT2D eigenvalue weighted by molar-refractivity contribution is -0.126. The van der Waals surface area contributed by atoms with Gasteiger partial charge in [-0.3, -0.25) is 14.6 Å². The highest BCUT2D eigenvalue weighted by Gasteiger charge is 2.37. The summed E-state index contributed by atoms with van der Waals surface area (Å²) in [4.78, 5) is 26.8. The molecule has 0 saturated heterocycles. The van der Waals surface area contributed by atoms with Crippen molar-refractivity contribution < 1.29 is 9.59 Å². The molecule has 2 atom stereocenters. The van der Waals surface area contributed by atoms with Gasteiger partial charge in [-0.05, 0) is 31.9 Å². The molecular weight excluding hydrogens is 316 g/mol. The van der Waals surface area contributed by atoms with Crippen molar-refractivity contribution >= 4 is 23.2 Å². The first-order valence-electron chi connectivity index (χ1n) is 9.01. The lowest BCUT2D eigenvalue weighted by Gasteiger charge is -2.28. The molecule has 0 aromatic heterocycles. The third kappa shape index (κ3) is 4.38. The number of amides is 2. The van der Waals surface area contributed by atoms with E-state index >= 15 is 0 Å². The van der Waals surface area contributed by atoms with Gasteiger partial charge in [0, 0.05) is 19.0 Å². The van der Waals surface area contributed by atoms with Crippen LogP contribution in [0.2, 0.25) is 0 Å². The standard InChI is InChI=1S/C19H28N4O2/c1-4-6-12-22(14(3)5-2)19(25)16-13-17(18(20)24)23(21-16)15-10-8-7-9-11-15/h7-11,14,17H,4-6,12-13H2,1-3H3,(H2,20,24). The van der Waals surface area contributed by atoms with E-state index in [9.17, 15) is 9.59 Å². The third-order valence-corrected chi connectivity index (χ3v) is 4.64. The number of primary amides is 1. The zero-order chi connectivity index (χ0) is 18.4. The molecule has 6 nitrogen and oxygen atoms in total. The van der Waals surface area contributed by atoms with Crippen LogP contribution in [0.1, 0.15) is 46.5 Å². The van der Waals surface area contributed by atoms with Crippen molar-refractivity contribution in [1.29, 1.82) is 0 Å². The van der Waals surface area contributed by atoms with E-state index in [1.165, 1.54) is 0 Å². The van der Waals surface area contributed by atoms with Gasteiger partial charge in [0.1, 0.15) is 11.8 Å². The number of carbonyl (C=O) groups is 2. The first-order valence-corrected chi connectivity index (χ1v) is 9.01. The van der Waals surface area contributed by atoms with Gasteiger partial charge < -0.3 is 10.6 Å². The fourth-order valence-corrected chi connectivity index (χ4v) is 2.92. The molecule has 0 bridgehead atoms. The Morgan fingerprint density at radius 3 is 2.56 bits per heavy atom. The highest BCUT2D eigenvalue weighted by atomic mass is 16.2. The monoisotopic (exact) mass is 344 g/mol. The molecule has 0 aliphatic carbocycles. The lowest BCUT2D eigenvalue weighted by atomic mass is 10.1. The molecule has 2 rings (SSSR count). The van der Waals surface area contributed by atoms with Crippen molar-refractivity contribution in [3.8, 4) is 0 Å². The Morgan fingerprint density at radius 2 is 2.00 bits per heavy atom. The summed E-state index contributed by atoms with van der Waals surface area (Å²) >= 11 is 0. The zero-order valence-electron chi connectivity index (χ0n) is 15.3. The largest absolute Gasteiger partial charge is 0.368 e. The number of nitrogens with zero attached hydrogens (tertiary/aromatic N) is 3. The van der Waals surface area contributed by atoms with E-state index in [0.29, 0.717) is 12.3 Å². The summed E-state index contributed by atoms with van der Waals surface area (Å²) in [5.74, 6) is -0.563. The number of benzene rings is 1. The number of hydrogen-bond acceptors (Lipinski definition) is 4. The quantitative estimate of drug-likeness (QED) is 0.787. The first-order chi connectivity index (χ1) is 12.0. The number of hydrogen-bond donors (Lipinski definition) is 1. The van der Waals surface area contributed by atoms with Crippen molar-refractivity contribution in [2.45, 2.75) is 58.5 Å². The van der Waals surface area contributed by atoms with Crippen LogP contribution in [-0.4, -0.2) is 41.1 Å². The van der Waals surface area contributed by atoms with Gasteiger partial charge in [0.2, 0.25) is 5.91 Å². The molecule has 136 valence electrons. The van der Waals surface area contributed by atoms with Crippen LogP contribution in [0.15, 0.2) is 35.4 Å². The second-order valence-corrected chi connectivity index (χ2v) is 6.46. The van der Waals surface area contributed by atoms with Crippen molar-refractivity contribution in [2.24, 2.45) is 10.8 Å². The van der Waals surface area contributed by atoms with Gasteiger partial charge in [-0.2, -0.15) is 5.10 Å². The minimum absolute atomic E-state index is 0.0903. The molecule has 0 fully saturated rings. The fraction of sp³-hybridized carbons (Fsp3) is 0.526. The van der Waals surface area contributed by atoms with E-state index in [4.69, 9.17) is 5.73 Å². The van der Waals surface area contributed by atoms with Crippen LogP contribution in [-0.2, 0) is 9.59 Å². The van der Waals surface area contributed by atoms with Crippen LogP contribution in [0.5, 0.6) is 0 Å². The second kappa shape index (κ2) is 8.65. The average Bonchev–Trinajstić information content (AvgIpc) is 3.08. The Balaban J connectivity index is 2.27. The summed E-state index contributed by atoms with van der Waals surface area (Å²) in [6, 6.07) is 8.87. The maximum atomic E-state index is 13.0. The highest BCUT2D eigenvalue weighted by molar-refractivity contribution is 6.40. The van der Waals surface area contributed by atoms with Crippen molar-refractivity contribution in [1.82, 2.24) is 4.90 Å². The molecule has 0 saturated carbocycles. The van der Waals surface area contributed by atoms with Gasteiger partial charge in [-0.25, -0.2) is 0 Å². The maximum absolute atomic E-state index is 13.0. The molecule has 0 spiro atoms. The molecule has 2 unspecified atom stereocenters. The van der Waals surface area contributed by atoms with Crippen LogP contribution in [0.25, 0.3) is 0 Å². The number of nitrogens with two attached hydrogens (primary N) is 1. The highest BCUT2D eigenvalue weighted by Crippen LogP contribution is 2.25. The molecular formula is C19H28N4O2. The Labute approximate surface area is 149 Å². The number of carbonyl (C=O) groups excluding carboxylic acids is 2. The fourth-order valence-electron chi connectivity index (χ4n) is 2.92. The van der Waals surface area contributed by atoms with Crippen LogP contribution in [0.4, 0.5) is 5.69 Å². The van der Waals surface area contributed by atoms with Crippen molar-refractivity contribution in [3.63, 3.8) is 0 Å². The molecule has 1 heterocycles. The summed E-state index contributed by atoms with van der Waals surface area (Å²) in [7, 11) is 0. The Kier molecular flexibility index (Phi) is 6.56. The predicted molar refractivity (Wildman–Crippen MR) is 100 cm³/mol. The number of hydrazone groups is 1. The van der Waals surface area contributed by atoms with Gasteiger partial charge in [-0.15, -0.1) is 0 Å². The molecule has 1 aliphatic rings. The topological polar surface area (TPSA) is 79.0 Å². The number of anilines is 1.